The van der Waals surface area contributed by atoms with Gasteiger partial charge in [-0.1, -0.05) is 26.0 Å². The maximum absolute atomic E-state index is 14.2. The molecule has 4 heteroatoms. The number of amides is 1. The van der Waals surface area contributed by atoms with Crippen molar-refractivity contribution in [3.63, 3.8) is 0 Å². The monoisotopic (exact) mass is 333 g/mol. The summed E-state index contributed by atoms with van der Waals surface area (Å²) in [7, 11) is 0. The van der Waals surface area contributed by atoms with Gasteiger partial charge in [-0.05, 0) is 50.2 Å². The van der Waals surface area contributed by atoms with Crippen LogP contribution in [0.5, 0.6) is 0 Å². The van der Waals surface area contributed by atoms with Gasteiger partial charge in [0.25, 0.3) is 0 Å². The minimum Gasteiger partial charge on any atom is -0.390 e. The third-order valence-corrected chi connectivity index (χ3v) is 5.72. The molecule has 0 unspecified atom stereocenters. The number of nitrogens with zero attached hydrogens (tertiary/aromatic N) is 1. The van der Waals surface area contributed by atoms with Crippen LogP contribution in [0.1, 0.15) is 64.0 Å². The zero-order valence-corrected chi connectivity index (χ0v) is 14.9. The van der Waals surface area contributed by atoms with Gasteiger partial charge in [-0.2, -0.15) is 0 Å². The molecule has 1 amide bonds. The Balaban J connectivity index is 1.69. The lowest BCUT2D eigenvalue weighted by atomic mass is 9.76. The summed E-state index contributed by atoms with van der Waals surface area (Å²) >= 11 is 0. The van der Waals surface area contributed by atoms with Gasteiger partial charge in [0.1, 0.15) is 5.82 Å². The van der Waals surface area contributed by atoms with Crippen molar-refractivity contribution in [2.24, 2.45) is 5.92 Å². The van der Waals surface area contributed by atoms with E-state index in [2.05, 4.69) is 0 Å². The molecule has 3 nitrogen and oxygen atoms in total. The van der Waals surface area contributed by atoms with Gasteiger partial charge in [-0.3, -0.25) is 4.79 Å². The van der Waals surface area contributed by atoms with Crippen LogP contribution in [0.4, 0.5) is 4.39 Å². The van der Waals surface area contributed by atoms with E-state index in [4.69, 9.17) is 0 Å². The predicted octanol–water partition coefficient (Wildman–Crippen LogP) is 3.78. The van der Waals surface area contributed by atoms with Crippen molar-refractivity contribution in [2.45, 2.75) is 70.4 Å². The summed E-state index contributed by atoms with van der Waals surface area (Å²) in [6.07, 6.45) is 3.88. The molecule has 0 spiro atoms. The first-order valence-electron chi connectivity index (χ1n) is 8.96. The Kier molecular flexibility index (Phi) is 4.45. The molecule has 0 saturated heterocycles. The number of rotatable bonds is 2. The van der Waals surface area contributed by atoms with Crippen LogP contribution in [-0.4, -0.2) is 28.1 Å². The van der Waals surface area contributed by atoms with E-state index in [1.54, 1.807) is 6.07 Å². The number of hydrogen-bond donors (Lipinski definition) is 1. The number of carbonyl (C=O) groups excluding carboxylic acids is 1. The van der Waals surface area contributed by atoms with Gasteiger partial charge in [0.15, 0.2) is 0 Å². The maximum Gasteiger partial charge on any atom is 0.223 e. The van der Waals surface area contributed by atoms with Crippen molar-refractivity contribution in [3.8, 4) is 0 Å². The molecule has 1 aliphatic heterocycles. The Morgan fingerprint density at radius 2 is 1.96 bits per heavy atom. The number of aliphatic hydroxyl groups is 1. The van der Waals surface area contributed by atoms with Crippen LogP contribution in [-0.2, 0) is 16.8 Å². The van der Waals surface area contributed by atoms with Crippen molar-refractivity contribution >= 4 is 5.91 Å². The average Bonchev–Trinajstić information content (AvgIpc) is 2.48. The van der Waals surface area contributed by atoms with Crippen molar-refractivity contribution in [1.82, 2.24) is 4.90 Å². The van der Waals surface area contributed by atoms with Gasteiger partial charge in [-0.15, -0.1) is 0 Å². The number of halogens is 1. The molecule has 2 aliphatic rings. The normalized spacial score (nSPS) is 29.2. The average molecular weight is 333 g/mol. The molecular formula is C20H28FNO2. The second-order valence-corrected chi connectivity index (χ2v) is 8.55. The topological polar surface area (TPSA) is 40.5 Å². The fraction of sp³-hybridized carbons (Fsp3) is 0.650. The Morgan fingerprint density at radius 1 is 1.29 bits per heavy atom. The Hall–Kier alpha value is -1.42. The summed E-state index contributed by atoms with van der Waals surface area (Å²) in [4.78, 5) is 14.7. The van der Waals surface area contributed by atoms with Gasteiger partial charge in [0, 0.05) is 30.5 Å². The Morgan fingerprint density at radius 3 is 2.62 bits per heavy atom. The smallest absolute Gasteiger partial charge is 0.223 e. The van der Waals surface area contributed by atoms with E-state index in [0.717, 1.165) is 36.8 Å². The molecular weight excluding hydrogens is 305 g/mol. The lowest BCUT2D eigenvalue weighted by molar-refractivity contribution is -0.135. The highest BCUT2D eigenvalue weighted by Crippen LogP contribution is 2.37. The van der Waals surface area contributed by atoms with Gasteiger partial charge in [0.2, 0.25) is 5.91 Å². The van der Waals surface area contributed by atoms with Gasteiger partial charge >= 0.3 is 0 Å². The molecule has 0 radical (unpaired) electrons. The fourth-order valence-electron chi connectivity index (χ4n) is 4.33. The highest BCUT2D eigenvalue weighted by Gasteiger charge is 2.37. The molecule has 1 aromatic rings. The van der Waals surface area contributed by atoms with Crippen LogP contribution in [0.3, 0.4) is 0 Å². The summed E-state index contributed by atoms with van der Waals surface area (Å²) in [5.74, 6) is 0.346. The maximum atomic E-state index is 14.2. The Labute approximate surface area is 143 Å². The highest BCUT2D eigenvalue weighted by molar-refractivity contribution is 5.77. The van der Waals surface area contributed by atoms with Gasteiger partial charge < -0.3 is 10.0 Å². The molecule has 3 rings (SSSR count). The largest absolute Gasteiger partial charge is 0.390 e. The number of fused-ring (bicyclic) bond motifs is 1. The molecule has 0 aromatic heterocycles. The summed E-state index contributed by atoms with van der Waals surface area (Å²) in [5.41, 5.74) is 0.738. The van der Waals surface area contributed by atoms with E-state index >= 15 is 0 Å². The molecule has 1 N–H and O–H groups in total. The second-order valence-electron chi connectivity index (χ2n) is 8.55. The molecule has 24 heavy (non-hydrogen) atoms. The first-order valence-corrected chi connectivity index (χ1v) is 8.96. The van der Waals surface area contributed by atoms with Gasteiger partial charge in [-0.25, -0.2) is 4.39 Å². The zero-order valence-electron chi connectivity index (χ0n) is 14.9. The summed E-state index contributed by atoms with van der Waals surface area (Å²) in [6.45, 7) is 6.95. The minimum atomic E-state index is -0.566. The molecule has 1 fully saturated rings. The highest BCUT2D eigenvalue weighted by atomic mass is 19.1. The van der Waals surface area contributed by atoms with Crippen LogP contribution in [0.2, 0.25) is 0 Å². The van der Waals surface area contributed by atoms with E-state index in [1.165, 1.54) is 6.07 Å². The van der Waals surface area contributed by atoms with Crippen molar-refractivity contribution in [2.75, 3.05) is 6.54 Å². The van der Waals surface area contributed by atoms with Crippen LogP contribution in [0.25, 0.3) is 0 Å². The third kappa shape index (κ3) is 3.49. The third-order valence-electron chi connectivity index (χ3n) is 5.72. The van der Waals surface area contributed by atoms with Crippen LogP contribution < -0.4 is 0 Å². The minimum absolute atomic E-state index is 0.157. The van der Waals surface area contributed by atoms with Crippen LogP contribution in [0.15, 0.2) is 18.2 Å². The van der Waals surface area contributed by atoms with E-state index in [1.807, 2.05) is 31.7 Å². The standard InChI is InChI=1S/C20H28FNO2/c1-19(2)13-22(12-15-5-4-6-16(21)18(15)19)17(23)11-14-7-9-20(3,24)10-8-14/h4-6,14,24H,7-13H2,1-3H3. The first kappa shape index (κ1) is 17.4. The second kappa shape index (κ2) is 6.14. The fourth-order valence-corrected chi connectivity index (χ4v) is 4.33. The van der Waals surface area contributed by atoms with E-state index in [0.29, 0.717) is 25.4 Å². The first-order chi connectivity index (χ1) is 11.2. The quantitative estimate of drug-likeness (QED) is 0.895. The molecule has 1 heterocycles. The molecule has 1 aromatic carbocycles. The Bertz CT molecular complexity index is 629. The van der Waals surface area contributed by atoms with Crippen molar-refractivity contribution in [3.05, 3.63) is 35.1 Å². The molecule has 1 saturated carbocycles. The van der Waals surface area contributed by atoms with E-state index in [9.17, 15) is 14.3 Å². The lowest BCUT2D eigenvalue weighted by Gasteiger charge is -2.41. The summed E-state index contributed by atoms with van der Waals surface area (Å²) in [6, 6.07) is 5.16. The lowest BCUT2D eigenvalue weighted by Crippen LogP contribution is -2.46. The molecule has 0 atom stereocenters. The zero-order chi connectivity index (χ0) is 17.5. The molecule has 1 aliphatic carbocycles. The van der Waals surface area contributed by atoms with Crippen molar-refractivity contribution in [1.29, 1.82) is 0 Å². The SMILES string of the molecule is CC1(O)CCC(CC(=O)N2Cc3cccc(F)c3C(C)(C)C2)CC1. The number of benzene rings is 1. The van der Waals surface area contributed by atoms with E-state index in [-0.39, 0.29) is 17.1 Å². The molecule has 0 bridgehead atoms. The number of hydrogen-bond acceptors (Lipinski definition) is 2. The molecule has 132 valence electrons. The summed E-state index contributed by atoms with van der Waals surface area (Å²) in [5, 5.41) is 10.0. The van der Waals surface area contributed by atoms with E-state index < -0.39 is 5.60 Å². The summed E-state index contributed by atoms with van der Waals surface area (Å²) < 4.78 is 14.2. The van der Waals surface area contributed by atoms with Gasteiger partial charge in [0.05, 0.1) is 5.60 Å². The van der Waals surface area contributed by atoms with Crippen LogP contribution in [0, 0.1) is 11.7 Å². The van der Waals surface area contributed by atoms with Crippen molar-refractivity contribution < 1.29 is 14.3 Å². The predicted molar refractivity (Wildman–Crippen MR) is 92.0 cm³/mol. The van der Waals surface area contributed by atoms with Crippen LogP contribution >= 0.6 is 0 Å². The number of carbonyl (C=O) groups is 1.